The van der Waals surface area contributed by atoms with Crippen LogP contribution in [0.2, 0.25) is 0 Å². The Morgan fingerprint density at radius 1 is 1.17 bits per heavy atom. The van der Waals surface area contributed by atoms with E-state index < -0.39 is 11.8 Å². The summed E-state index contributed by atoms with van der Waals surface area (Å²) in [5, 5.41) is 2.88. The van der Waals surface area contributed by atoms with E-state index in [0.717, 1.165) is 25.7 Å². The maximum Gasteiger partial charge on any atom is 0.255 e. The fraction of sp³-hybridized carbons (Fsp3) is 0.611. The number of carbonyl (C=O) groups excluding carboxylic acids is 1. The second kappa shape index (κ2) is 6.19. The van der Waals surface area contributed by atoms with Crippen molar-refractivity contribution >= 4 is 5.91 Å². The van der Waals surface area contributed by atoms with Crippen LogP contribution in [0.15, 0.2) is 24.3 Å². The van der Waals surface area contributed by atoms with Crippen molar-refractivity contribution in [1.29, 1.82) is 0 Å². The molecule has 0 unspecified atom stereocenters. The third-order valence-electron chi connectivity index (χ3n) is 5.11. The molecular formula is C18H24F2N2O. The first-order valence-corrected chi connectivity index (χ1v) is 8.45. The van der Waals surface area contributed by atoms with Crippen molar-refractivity contribution in [3.05, 3.63) is 35.4 Å². The van der Waals surface area contributed by atoms with E-state index in [1.807, 2.05) is 0 Å². The summed E-state index contributed by atoms with van der Waals surface area (Å²) in [7, 11) is 0. The molecule has 2 saturated carbocycles. The van der Waals surface area contributed by atoms with Crippen LogP contribution in [0.25, 0.3) is 0 Å². The topological polar surface area (TPSA) is 55.1 Å². The van der Waals surface area contributed by atoms with Crippen LogP contribution in [-0.4, -0.2) is 23.9 Å². The zero-order chi connectivity index (χ0) is 16.5. The fourth-order valence-corrected chi connectivity index (χ4v) is 3.52. The van der Waals surface area contributed by atoms with Crippen molar-refractivity contribution in [1.82, 2.24) is 5.32 Å². The minimum atomic E-state index is -2.67. The molecule has 1 atom stereocenters. The molecule has 0 aromatic heterocycles. The minimum Gasteiger partial charge on any atom is -0.350 e. The highest BCUT2D eigenvalue weighted by Crippen LogP contribution is 2.56. The Bertz CT molecular complexity index is 580. The van der Waals surface area contributed by atoms with Gasteiger partial charge in [0, 0.05) is 24.1 Å². The van der Waals surface area contributed by atoms with Crippen molar-refractivity contribution in [2.75, 3.05) is 6.54 Å². The number of benzene rings is 1. The third-order valence-corrected chi connectivity index (χ3v) is 5.11. The van der Waals surface area contributed by atoms with Crippen molar-refractivity contribution in [2.45, 2.75) is 62.3 Å². The molecule has 0 aliphatic heterocycles. The summed E-state index contributed by atoms with van der Waals surface area (Å²) in [6, 6.07) is 6.67. The van der Waals surface area contributed by atoms with E-state index in [1.54, 1.807) is 24.3 Å². The molecular weight excluding hydrogens is 298 g/mol. The second-order valence-corrected chi connectivity index (χ2v) is 7.06. The molecule has 1 aromatic rings. The summed E-state index contributed by atoms with van der Waals surface area (Å²) in [5.41, 5.74) is 6.83. The van der Waals surface area contributed by atoms with E-state index in [2.05, 4.69) is 5.32 Å². The molecule has 3 nitrogen and oxygen atoms in total. The molecule has 1 amide bonds. The molecule has 23 heavy (non-hydrogen) atoms. The van der Waals surface area contributed by atoms with E-state index in [-0.39, 0.29) is 17.9 Å². The van der Waals surface area contributed by atoms with E-state index in [1.165, 1.54) is 12.8 Å². The highest BCUT2D eigenvalue weighted by atomic mass is 19.3. The summed E-state index contributed by atoms with van der Waals surface area (Å²) in [6.07, 6.45) is 6.16. The summed E-state index contributed by atoms with van der Waals surface area (Å²) < 4.78 is 26.7. The van der Waals surface area contributed by atoms with E-state index in [9.17, 15) is 13.6 Å². The number of carbonyl (C=O) groups is 1. The Morgan fingerprint density at radius 2 is 1.78 bits per heavy atom. The Kier molecular flexibility index (Phi) is 4.41. The molecule has 0 spiro atoms. The molecule has 126 valence electrons. The average Bonchev–Trinajstić information content (AvgIpc) is 3.22. The number of alkyl halides is 2. The maximum absolute atomic E-state index is 13.4. The highest BCUT2D eigenvalue weighted by molar-refractivity contribution is 5.96. The number of hydrogen-bond donors (Lipinski definition) is 2. The summed E-state index contributed by atoms with van der Waals surface area (Å²) in [4.78, 5) is 12.5. The monoisotopic (exact) mass is 322 g/mol. The first-order chi connectivity index (χ1) is 10.9. The van der Waals surface area contributed by atoms with Crippen LogP contribution >= 0.6 is 0 Å². The molecule has 2 aliphatic rings. The first-order valence-electron chi connectivity index (χ1n) is 8.45. The van der Waals surface area contributed by atoms with Crippen LogP contribution in [0, 0.1) is 0 Å². The van der Waals surface area contributed by atoms with Gasteiger partial charge in [-0.2, -0.15) is 0 Å². The number of nitrogens with two attached hydrogens (primary N) is 1. The number of halogens is 2. The van der Waals surface area contributed by atoms with Gasteiger partial charge in [-0.05, 0) is 24.5 Å². The van der Waals surface area contributed by atoms with E-state index in [4.69, 9.17) is 5.73 Å². The van der Waals surface area contributed by atoms with Gasteiger partial charge in [0.15, 0.2) is 0 Å². The zero-order valence-corrected chi connectivity index (χ0v) is 13.3. The van der Waals surface area contributed by atoms with Gasteiger partial charge in [-0.15, -0.1) is 0 Å². The van der Waals surface area contributed by atoms with Crippen LogP contribution in [0.5, 0.6) is 0 Å². The predicted molar refractivity (Wildman–Crippen MR) is 85.7 cm³/mol. The average molecular weight is 322 g/mol. The lowest BCUT2D eigenvalue weighted by Crippen LogP contribution is -2.49. The van der Waals surface area contributed by atoms with Crippen molar-refractivity contribution < 1.29 is 13.6 Å². The molecule has 0 bridgehead atoms. The van der Waals surface area contributed by atoms with Gasteiger partial charge in [-0.1, -0.05) is 43.9 Å². The van der Waals surface area contributed by atoms with Crippen molar-refractivity contribution in [3.8, 4) is 0 Å². The Morgan fingerprint density at radius 3 is 2.39 bits per heavy atom. The van der Waals surface area contributed by atoms with Crippen LogP contribution in [0.3, 0.4) is 0 Å². The molecule has 1 aromatic carbocycles. The fourth-order valence-electron chi connectivity index (χ4n) is 3.52. The summed E-state index contributed by atoms with van der Waals surface area (Å²) in [5.74, 6) is -3.79. The van der Waals surface area contributed by atoms with Crippen LogP contribution < -0.4 is 11.1 Å². The Labute approximate surface area is 135 Å². The van der Waals surface area contributed by atoms with E-state index in [0.29, 0.717) is 17.7 Å². The third kappa shape index (κ3) is 3.71. The molecule has 5 heteroatoms. The molecule has 3 N–H and O–H groups in total. The second-order valence-electron chi connectivity index (χ2n) is 7.06. The predicted octanol–water partition coefficient (Wildman–Crippen LogP) is 3.59. The zero-order valence-electron chi connectivity index (χ0n) is 13.3. The molecule has 0 saturated heterocycles. The summed E-state index contributed by atoms with van der Waals surface area (Å²) >= 11 is 0. The quantitative estimate of drug-likeness (QED) is 0.832. The molecule has 0 heterocycles. The lowest BCUT2D eigenvalue weighted by Gasteiger charge is -2.28. The van der Waals surface area contributed by atoms with Gasteiger partial charge in [0.1, 0.15) is 0 Å². The lowest BCUT2D eigenvalue weighted by molar-refractivity contribution is 0.0938. The molecule has 0 radical (unpaired) electrons. The van der Waals surface area contributed by atoms with Crippen molar-refractivity contribution in [3.63, 3.8) is 0 Å². The smallest absolute Gasteiger partial charge is 0.255 e. The molecule has 2 aliphatic carbocycles. The van der Waals surface area contributed by atoms with Crippen LogP contribution in [0.4, 0.5) is 8.78 Å². The highest BCUT2D eigenvalue weighted by Gasteiger charge is 2.58. The van der Waals surface area contributed by atoms with Gasteiger partial charge in [0.2, 0.25) is 0 Å². The first kappa shape index (κ1) is 16.4. The normalized spacial score (nSPS) is 25.4. The Hall–Kier alpha value is -1.49. The summed E-state index contributed by atoms with van der Waals surface area (Å²) in [6.45, 7) is 0.404. The Balaban J connectivity index is 1.67. The number of hydrogen-bond acceptors (Lipinski definition) is 2. The number of amides is 1. The van der Waals surface area contributed by atoms with E-state index >= 15 is 0 Å². The van der Waals surface area contributed by atoms with Gasteiger partial charge in [0.05, 0.1) is 5.92 Å². The van der Waals surface area contributed by atoms with Crippen LogP contribution in [-0.2, 0) is 0 Å². The van der Waals surface area contributed by atoms with Gasteiger partial charge in [-0.25, -0.2) is 8.78 Å². The minimum absolute atomic E-state index is 0.169. The van der Waals surface area contributed by atoms with Gasteiger partial charge < -0.3 is 11.1 Å². The lowest BCUT2D eigenvalue weighted by atomic mass is 9.91. The molecule has 2 fully saturated rings. The standard InChI is InChI=1S/C18H24F2N2O/c19-18(20)11-15(18)13-7-3-4-8-14(13)16(23)22-12-17(21)9-5-1-2-6-10-17/h3-4,7-8,15H,1-2,5-6,9-12,21H2,(H,22,23)/t15-/m1/s1. The largest absolute Gasteiger partial charge is 0.350 e. The van der Waals surface area contributed by atoms with Gasteiger partial charge in [-0.3, -0.25) is 4.79 Å². The van der Waals surface area contributed by atoms with Crippen LogP contribution in [0.1, 0.15) is 66.8 Å². The van der Waals surface area contributed by atoms with Gasteiger partial charge >= 0.3 is 0 Å². The van der Waals surface area contributed by atoms with Gasteiger partial charge in [0.25, 0.3) is 11.8 Å². The maximum atomic E-state index is 13.4. The number of nitrogens with one attached hydrogen (secondary N) is 1. The SMILES string of the molecule is NC1(CNC(=O)c2ccccc2[C@H]2CC2(F)F)CCCCCC1. The van der Waals surface area contributed by atoms with Crippen molar-refractivity contribution in [2.24, 2.45) is 5.73 Å². The number of rotatable bonds is 4. The molecule has 3 rings (SSSR count).